The lowest BCUT2D eigenvalue weighted by Gasteiger charge is -2.09. The third-order valence-electron chi connectivity index (χ3n) is 1.87. The Hall–Kier alpha value is -0.510. The zero-order valence-electron chi connectivity index (χ0n) is 7.37. The van der Waals surface area contributed by atoms with Crippen LogP contribution in [0.4, 0.5) is 0 Å². The molecule has 0 aliphatic rings. The Morgan fingerprint density at radius 2 is 1.92 bits per heavy atom. The fourth-order valence-corrected chi connectivity index (χ4v) is 1.40. The highest BCUT2D eigenvalue weighted by Crippen LogP contribution is 2.18. The van der Waals surface area contributed by atoms with Crippen LogP contribution in [0.5, 0.6) is 0 Å². The van der Waals surface area contributed by atoms with E-state index in [-0.39, 0.29) is 6.04 Å². The maximum absolute atomic E-state index is 5.32. The van der Waals surface area contributed by atoms with E-state index in [4.69, 9.17) is 5.84 Å². The standard InChI is InChI=1S/C9H14N2S/c1-7(11-10)8-3-5-9(12-2)6-4-8/h3-7,11H,10H2,1-2H3. The van der Waals surface area contributed by atoms with Gasteiger partial charge in [0.1, 0.15) is 0 Å². The molecule has 2 nitrogen and oxygen atoms in total. The van der Waals surface area contributed by atoms with Crippen molar-refractivity contribution >= 4 is 11.8 Å². The molecule has 0 radical (unpaired) electrons. The highest BCUT2D eigenvalue weighted by Gasteiger charge is 2.00. The van der Waals surface area contributed by atoms with Gasteiger partial charge >= 0.3 is 0 Å². The molecule has 0 fully saturated rings. The first kappa shape index (κ1) is 9.58. The van der Waals surface area contributed by atoms with E-state index in [0.29, 0.717) is 0 Å². The molecule has 12 heavy (non-hydrogen) atoms. The van der Waals surface area contributed by atoms with E-state index in [1.807, 2.05) is 6.92 Å². The Kier molecular flexibility index (Phi) is 3.59. The van der Waals surface area contributed by atoms with Crippen molar-refractivity contribution in [1.82, 2.24) is 5.43 Å². The van der Waals surface area contributed by atoms with Crippen LogP contribution in [0, 0.1) is 0 Å². The molecule has 3 N–H and O–H groups in total. The summed E-state index contributed by atoms with van der Waals surface area (Å²) in [6, 6.07) is 8.62. The van der Waals surface area contributed by atoms with E-state index >= 15 is 0 Å². The Balaban J connectivity index is 2.77. The Labute approximate surface area is 77.5 Å². The van der Waals surface area contributed by atoms with Crippen LogP contribution in [0.15, 0.2) is 29.2 Å². The average molecular weight is 182 g/mol. The molecule has 1 rings (SSSR count). The Bertz CT molecular complexity index is 233. The molecule has 0 amide bonds. The van der Waals surface area contributed by atoms with Crippen molar-refractivity contribution in [2.75, 3.05) is 6.26 Å². The maximum atomic E-state index is 5.32. The molecule has 0 bridgehead atoms. The van der Waals surface area contributed by atoms with Crippen molar-refractivity contribution in [3.63, 3.8) is 0 Å². The van der Waals surface area contributed by atoms with Gasteiger partial charge in [-0.3, -0.25) is 11.3 Å². The molecule has 1 aromatic carbocycles. The molecule has 3 heteroatoms. The molecule has 0 aliphatic carbocycles. The van der Waals surface area contributed by atoms with E-state index < -0.39 is 0 Å². The van der Waals surface area contributed by atoms with Crippen molar-refractivity contribution < 1.29 is 0 Å². The SMILES string of the molecule is CSc1ccc(C(C)NN)cc1. The molecule has 0 aromatic heterocycles. The molecular formula is C9H14N2S. The van der Waals surface area contributed by atoms with Gasteiger partial charge in [0.15, 0.2) is 0 Å². The second-order valence-electron chi connectivity index (χ2n) is 2.66. The van der Waals surface area contributed by atoms with Gasteiger partial charge in [-0.05, 0) is 30.9 Å². The molecular weight excluding hydrogens is 168 g/mol. The van der Waals surface area contributed by atoms with E-state index in [9.17, 15) is 0 Å². The zero-order valence-corrected chi connectivity index (χ0v) is 8.19. The van der Waals surface area contributed by atoms with Gasteiger partial charge in [-0.1, -0.05) is 12.1 Å². The van der Waals surface area contributed by atoms with Crippen molar-refractivity contribution in [3.05, 3.63) is 29.8 Å². The van der Waals surface area contributed by atoms with E-state index in [1.165, 1.54) is 10.5 Å². The smallest absolute Gasteiger partial charge is 0.0431 e. The van der Waals surface area contributed by atoms with Crippen LogP contribution in [0.1, 0.15) is 18.5 Å². The fraction of sp³-hybridized carbons (Fsp3) is 0.333. The first-order valence-corrected chi connectivity index (χ1v) is 5.10. The largest absolute Gasteiger partial charge is 0.271 e. The van der Waals surface area contributed by atoms with Gasteiger partial charge in [0.25, 0.3) is 0 Å². The summed E-state index contributed by atoms with van der Waals surface area (Å²) in [7, 11) is 0. The highest BCUT2D eigenvalue weighted by molar-refractivity contribution is 7.98. The number of nitrogens with two attached hydrogens (primary N) is 1. The minimum Gasteiger partial charge on any atom is -0.271 e. The molecule has 1 atom stereocenters. The average Bonchev–Trinajstić information content (AvgIpc) is 2.17. The van der Waals surface area contributed by atoms with Crippen LogP contribution in [0.3, 0.4) is 0 Å². The lowest BCUT2D eigenvalue weighted by Crippen LogP contribution is -2.25. The molecule has 66 valence electrons. The Morgan fingerprint density at radius 1 is 1.33 bits per heavy atom. The fourth-order valence-electron chi connectivity index (χ4n) is 0.989. The summed E-state index contributed by atoms with van der Waals surface area (Å²) >= 11 is 1.75. The lowest BCUT2D eigenvalue weighted by atomic mass is 10.1. The molecule has 0 saturated carbocycles. The van der Waals surface area contributed by atoms with E-state index in [0.717, 1.165) is 0 Å². The first-order valence-electron chi connectivity index (χ1n) is 3.88. The summed E-state index contributed by atoms with van der Waals surface area (Å²) in [6.07, 6.45) is 2.07. The van der Waals surface area contributed by atoms with Crippen molar-refractivity contribution in [2.24, 2.45) is 5.84 Å². The monoisotopic (exact) mass is 182 g/mol. The molecule has 0 aliphatic heterocycles. The zero-order chi connectivity index (χ0) is 8.97. The molecule has 1 aromatic rings. The van der Waals surface area contributed by atoms with Crippen LogP contribution >= 0.6 is 11.8 Å². The highest BCUT2D eigenvalue weighted by atomic mass is 32.2. The summed E-state index contributed by atoms with van der Waals surface area (Å²) in [6.45, 7) is 2.04. The second kappa shape index (κ2) is 4.50. The number of hydrogen-bond acceptors (Lipinski definition) is 3. The van der Waals surface area contributed by atoms with Gasteiger partial charge in [-0.25, -0.2) is 0 Å². The molecule has 0 spiro atoms. The predicted octanol–water partition coefficient (Wildman–Crippen LogP) is 1.93. The topological polar surface area (TPSA) is 38.0 Å². The van der Waals surface area contributed by atoms with Crippen LogP contribution < -0.4 is 11.3 Å². The van der Waals surface area contributed by atoms with Gasteiger partial charge in [-0.2, -0.15) is 0 Å². The number of thioether (sulfide) groups is 1. The van der Waals surface area contributed by atoms with Gasteiger partial charge in [0.05, 0.1) is 0 Å². The number of hydrogen-bond donors (Lipinski definition) is 2. The van der Waals surface area contributed by atoms with E-state index in [1.54, 1.807) is 11.8 Å². The normalized spacial score (nSPS) is 12.9. The summed E-state index contributed by atoms with van der Waals surface area (Å²) in [5, 5.41) is 0. The minimum atomic E-state index is 0.223. The number of benzene rings is 1. The van der Waals surface area contributed by atoms with Crippen molar-refractivity contribution in [2.45, 2.75) is 17.9 Å². The van der Waals surface area contributed by atoms with Gasteiger partial charge < -0.3 is 0 Å². The Morgan fingerprint density at radius 3 is 2.33 bits per heavy atom. The summed E-state index contributed by atoms with van der Waals surface area (Å²) in [5.74, 6) is 5.32. The first-order chi connectivity index (χ1) is 5.77. The lowest BCUT2D eigenvalue weighted by molar-refractivity contribution is 0.602. The van der Waals surface area contributed by atoms with Crippen molar-refractivity contribution in [3.8, 4) is 0 Å². The molecule has 0 saturated heterocycles. The maximum Gasteiger partial charge on any atom is 0.0431 e. The third kappa shape index (κ3) is 2.24. The third-order valence-corrected chi connectivity index (χ3v) is 2.61. The predicted molar refractivity (Wildman–Crippen MR) is 54.0 cm³/mol. The van der Waals surface area contributed by atoms with Gasteiger partial charge in [0.2, 0.25) is 0 Å². The van der Waals surface area contributed by atoms with Gasteiger partial charge in [0, 0.05) is 10.9 Å². The molecule has 0 heterocycles. The van der Waals surface area contributed by atoms with Crippen LogP contribution in [-0.2, 0) is 0 Å². The summed E-state index contributed by atoms with van der Waals surface area (Å²) in [5.41, 5.74) is 3.93. The number of nitrogens with one attached hydrogen (secondary N) is 1. The van der Waals surface area contributed by atoms with Crippen LogP contribution in [0.25, 0.3) is 0 Å². The second-order valence-corrected chi connectivity index (χ2v) is 3.54. The van der Waals surface area contributed by atoms with E-state index in [2.05, 4.69) is 35.9 Å². The van der Waals surface area contributed by atoms with Gasteiger partial charge in [-0.15, -0.1) is 11.8 Å². The summed E-state index contributed by atoms with van der Waals surface area (Å²) in [4.78, 5) is 1.28. The molecule has 1 unspecified atom stereocenters. The number of rotatable bonds is 3. The van der Waals surface area contributed by atoms with Crippen molar-refractivity contribution in [1.29, 1.82) is 0 Å². The summed E-state index contributed by atoms with van der Waals surface area (Å²) < 4.78 is 0. The minimum absolute atomic E-state index is 0.223. The van der Waals surface area contributed by atoms with Crippen LogP contribution in [-0.4, -0.2) is 6.26 Å². The van der Waals surface area contributed by atoms with Crippen LogP contribution in [0.2, 0.25) is 0 Å². The quantitative estimate of drug-likeness (QED) is 0.426. The number of hydrazine groups is 1.